The van der Waals surface area contributed by atoms with Crippen molar-refractivity contribution in [1.82, 2.24) is 0 Å². The Morgan fingerprint density at radius 2 is 1.90 bits per heavy atom. The van der Waals surface area contributed by atoms with Crippen molar-refractivity contribution in [3.05, 3.63) is 35.4 Å². The van der Waals surface area contributed by atoms with Crippen molar-refractivity contribution in [2.24, 2.45) is 0 Å². The first kappa shape index (κ1) is 15.1. The lowest BCUT2D eigenvalue weighted by molar-refractivity contribution is -0.136. The van der Waals surface area contributed by atoms with E-state index in [-0.39, 0.29) is 12.4 Å². The Morgan fingerprint density at radius 1 is 1.19 bits per heavy atom. The van der Waals surface area contributed by atoms with E-state index < -0.39 is 5.97 Å². The van der Waals surface area contributed by atoms with Crippen LogP contribution in [0.5, 0.6) is 11.5 Å². The van der Waals surface area contributed by atoms with Crippen LogP contribution in [0.15, 0.2) is 29.8 Å². The first-order valence-corrected chi connectivity index (χ1v) is 6.81. The summed E-state index contributed by atoms with van der Waals surface area (Å²) in [5.74, 6) is 0.387. The normalized spacial score (nSPS) is 13.0. The van der Waals surface area contributed by atoms with Crippen LogP contribution in [0.25, 0.3) is 0 Å². The maximum absolute atomic E-state index is 12.0. The third-order valence-electron chi connectivity index (χ3n) is 2.82. The van der Waals surface area contributed by atoms with Gasteiger partial charge in [0.15, 0.2) is 23.9 Å². The number of carbonyl (C=O) groups excluding carboxylic acids is 2. The molecule has 0 bridgehead atoms. The van der Waals surface area contributed by atoms with Gasteiger partial charge in [-0.3, -0.25) is 4.79 Å². The SMILES string of the molecule is CC(C)=CC(=O)OCC(=O)c1ccc2c(c1)OCCCO2. The van der Waals surface area contributed by atoms with Gasteiger partial charge in [0.25, 0.3) is 0 Å². The number of carbonyl (C=O) groups is 2. The first-order valence-electron chi connectivity index (χ1n) is 6.81. The predicted molar refractivity (Wildman–Crippen MR) is 76.8 cm³/mol. The van der Waals surface area contributed by atoms with E-state index in [0.29, 0.717) is 30.3 Å². The van der Waals surface area contributed by atoms with E-state index in [1.807, 2.05) is 0 Å². The lowest BCUT2D eigenvalue weighted by atomic mass is 10.1. The fourth-order valence-electron chi connectivity index (χ4n) is 1.83. The van der Waals surface area contributed by atoms with Crippen LogP contribution >= 0.6 is 0 Å². The van der Waals surface area contributed by atoms with Crippen molar-refractivity contribution >= 4 is 11.8 Å². The van der Waals surface area contributed by atoms with E-state index in [4.69, 9.17) is 14.2 Å². The molecule has 0 saturated heterocycles. The van der Waals surface area contributed by atoms with E-state index in [1.165, 1.54) is 6.08 Å². The number of ketones is 1. The van der Waals surface area contributed by atoms with Crippen LogP contribution in [-0.2, 0) is 9.53 Å². The summed E-state index contributed by atoms with van der Waals surface area (Å²) in [5.41, 5.74) is 1.26. The van der Waals surface area contributed by atoms with Gasteiger partial charge in [0.2, 0.25) is 0 Å². The molecular weight excluding hydrogens is 272 g/mol. The van der Waals surface area contributed by atoms with Gasteiger partial charge >= 0.3 is 5.97 Å². The van der Waals surface area contributed by atoms with Crippen molar-refractivity contribution in [1.29, 1.82) is 0 Å². The maximum atomic E-state index is 12.0. The Balaban J connectivity index is 2.01. The number of Topliss-reactive ketones (excluding diaryl/α,β-unsaturated/α-hetero) is 1. The highest BCUT2D eigenvalue weighted by Gasteiger charge is 2.15. The minimum Gasteiger partial charge on any atom is -0.490 e. The van der Waals surface area contributed by atoms with E-state index in [1.54, 1.807) is 32.0 Å². The number of hydrogen-bond donors (Lipinski definition) is 0. The van der Waals surface area contributed by atoms with Gasteiger partial charge in [-0.25, -0.2) is 4.79 Å². The van der Waals surface area contributed by atoms with Crippen LogP contribution in [0, 0.1) is 0 Å². The minimum atomic E-state index is -0.516. The van der Waals surface area contributed by atoms with Gasteiger partial charge in [0.1, 0.15) is 0 Å². The van der Waals surface area contributed by atoms with Crippen LogP contribution in [0.2, 0.25) is 0 Å². The topological polar surface area (TPSA) is 61.8 Å². The third-order valence-corrected chi connectivity index (χ3v) is 2.82. The summed E-state index contributed by atoms with van der Waals surface area (Å²) in [6, 6.07) is 4.97. The molecule has 21 heavy (non-hydrogen) atoms. The molecule has 0 aliphatic carbocycles. The second-order valence-corrected chi connectivity index (χ2v) is 4.96. The number of ether oxygens (including phenoxy) is 3. The van der Waals surface area contributed by atoms with Crippen molar-refractivity contribution in [3.63, 3.8) is 0 Å². The van der Waals surface area contributed by atoms with Crippen LogP contribution in [0.3, 0.4) is 0 Å². The van der Waals surface area contributed by atoms with E-state index in [2.05, 4.69) is 0 Å². The molecule has 1 aliphatic heterocycles. The predicted octanol–water partition coefficient (Wildman–Crippen LogP) is 2.54. The maximum Gasteiger partial charge on any atom is 0.331 e. The molecule has 1 aliphatic rings. The summed E-state index contributed by atoms with van der Waals surface area (Å²) < 4.78 is 15.9. The highest BCUT2D eigenvalue weighted by Crippen LogP contribution is 2.30. The molecule has 0 amide bonds. The number of hydrogen-bond acceptors (Lipinski definition) is 5. The zero-order valence-corrected chi connectivity index (χ0v) is 12.2. The molecule has 0 radical (unpaired) electrons. The molecule has 0 unspecified atom stereocenters. The quantitative estimate of drug-likeness (QED) is 0.484. The summed E-state index contributed by atoms with van der Waals surface area (Å²) in [6.45, 7) is 4.43. The lowest BCUT2D eigenvalue weighted by Gasteiger charge is -2.09. The highest BCUT2D eigenvalue weighted by atomic mass is 16.5. The molecule has 0 spiro atoms. The lowest BCUT2D eigenvalue weighted by Crippen LogP contribution is -2.13. The fourth-order valence-corrected chi connectivity index (χ4v) is 1.83. The van der Waals surface area contributed by atoms with Crippen molar-refractivity contribution in [2.75, 3.05) is 19.8 Å². The molecule has 2 rings (SSSR count). The molecular formula is C16H18O5. The summed E-state index contributed by atoms with van der Waals surface area (Å²) >= 11 is 0. The molecule has 0 atom stereocenters. The molecule has 0 N–H and O–H groups in total. The molecule has 0 saturated carbocycles. The van der Waals surface area contributed by atoms with Gasteiger partial charge < -0.3 is 14.2 Å². The third kappa shape index (κ3) is 4.34. The van der Waals surface area contributed by atoms with Gasteiger partial charge in [-0.1, -0.05) is 5.57 Å². The van der Waals surface area contributed by atoms with E-state index in [9.17, 15) is 9.59 Å². The van der Waals surface area contributed by atoms with Gasteiger partial charge in [-0.15, -0.1) is 0 Å². The second-order valence-electron chi connectivity index (χ2n) is 4.96. The number of rotatable bonds is 4. The number of benzene rings is 1. The molecule has 1 aromatic carbocycles. The average Bonchev–Trinajstić information content (AvgIpc) is 2.68. The smallest absolute Gasteiger partial charge is 0.331 e. The minimum absolute atomic E-state index is 0.277. The standard InChI is InChI=1S/C16H18O5/c1-11(2)8-16(18)21-10-13(17)12-4-5-14-15(9-12)20-7-3-6-19-14/h4-5,8-9H,3,6-7,10H2,1-2H3. The first-order chi connectivity index (χ1) is 10.1. The molecule has 0 aromatic heterocycles. The molecule has 1 heterocycles. The molecule has 5 nitrogen and oxygen atoms in total. The average molecular weight is 290 g/mol. The molecule has 0 fully saturated rings. The number of esters is 1. The zero-order valence-electron chi connectivity index (χ0n) is 12.2. The second kappa shape index (κ2) is 6.92. The van der Waals surface area contributed by atoms with Crippen LogP contribution in [0.1, 0.15) is 30.6 Å². The Hall–Kier alpha value is -2.30. The zero-order chi connectivity index (χ0) is 15.2. The number of fused-ring (bicyclic) bond motifs is 1. The van der Waals surface area contributed by atoms with Gasteiger partial charge in [0, 0.05) is 18.1 Å². The molecule has 5 heteroatoms. The van der Waals surface area contributed by atoms with Crippen LogP contribution < -0.4 is 9.47 Å². The van der Waals surface area contributed by atoms with Gasteiger partial charge in [0.05, 0.1) is 13.2 Å². The van der Waals surface area contributed by atoms with Crippen molar-refractivity contribution in [2.45, 2.75) is 20.3 Å². The molecule has 1 aromatic rings. The Kier molecular flexibility index (Phi) is 4.98. The van der Waals surface area contributed by atoms with Crippen molar-refractivity contribution < 1.29 is 23.8 Å². The van der Waals surface area contributed by atoms with Crippen LogP contribution in [0.4, 0.5) is 0 Å². The van der Waals surface area contributed by atoms with Gasteiger partial charge in [-0.2, -0.15) is 0 Å². The van der Waals surface area contributed by atoms with Crippen LogP contribution in [-0.4, -0.2) is 31.6 Å². The Labute approximate surface area is 123 Å². The van der Waals surface area contributed by atoms with Crippen molar-refractivity contribution in [3.8, 4) is 11.5 Å². The number of allylic oxidation sites excluding steroid dienone is 1. The Morgan fingerprint density at radius 3 is 2.62 bits per heavy atom. The summed E-state index contributed by atoms with van der Waals surface area (Å²) in [4.78, 5) is 23.4. The largest absolute Gasteiger partial charge is 0.490 e. The van der Waals surface area contributed by atoms with E-state index >= 15 is 0 Å². The molecule has 112 valence electrons. The summed E-state index contributed by atoms with van der Waals surface area (Å²) in [6.07, 6.45) is 2.15. The van der Waals surface area contributed by atoms with Gasteiger partial charge in [-0.05, 0) is 32.0 Å². The Bertz CT molecular complexity index is 570. The highest BCUT2D eigenvalue weighted by molar-refractivity contribution is 5.99. The summed E-state index contributed by atoms with van der Waals surface area (Å²) in [5, 5.41) is 0. The fraction of sp³-hybridized carbons (Fsp3) is 0.375. The monoisotopic (exact) mass is 290 g/mol. The van der Waals surface area contributed by atoms with E-state index in [0.717, 1.165) is 12.0 Å². The summed E-state index contributed by atoms with van der Waals surface area (Å²) in [7, 11) is 0.